The van der Waals surface area contributed by atoms with E-state index in [1.807, 2.05) is 4.90 Å². The van der Waals surface area contributed by atoms with Gasteiger partial charge in [-0.1, -0.05) is 0 Å². The third-order valence-electron chi connectivity index (χ3n) is 5.30. The summed E-state index contributed by atoms with van der Waals surface area (Å²) in [4.78, 5) is 20.6. The van der Waals surface area contributed by atoms with Crippen molar-refractivity contribution in [3.63, 3.8) is 0 Å². The third-order valence-corrected chi connectivity index (χ3v) is 5.30. The molecular formula is C15H25N5O. The summed E-state index contributed by atoms with van der Waals surface area (Å²) < 4.78 is 1.33. The maximum atomic E-state index is 12.3. The maximum absolute atomic E-state index is 12.3. The fourth-order valence-electron chi connectivity index (χ4n) is 3.64. The molecule has 0 N–H and O–H groups in total. The summed E-state index contributed by atoms with van der Waals surface area (Å²) >= 11 is 0. The van der Waals surface area contributed by atoms with Crippen molar-refractivity contribution >= 4 is 6.03 Å². The Morgan fingerprint density at radius 1 is 1.10 bits per heavy atom. The first-order valence-electron chi connectivity index (χ1n) is 7.98. The van der Waals surface area contributed by atoms with Crippen molar-refractivity contribution in [1.29, 1.82) is 0 Å². The minimum atomic E-state index is -0.0398. The lowest BCUT2D eigenvalue weighted by Crippen LogP contribution is -2.50. The van der Waals surface area contributed by atoms with Gasteiger partial charge in [0.15, 0.2) is 0 Å². The lowest BCUT2D eigenvalue weighted by molar-refractivity contribution is 0.0342. The highest BCUT2D eigenvalue weighted by Crippen LogP contribution is 2.41. The normalized spacial score (nSPS) is 22.9. The summed E-state index contributed by atoms with van der Waals surface area (Å²) in [6, 6.07) is 0.610. The van der Waals surface area contributed by atoms with Gasteiger partial charge in [-0.25, -0.2) is 9.78 Å². The molecule has 0 saturated carbocycles. The largest absolute Gasteiger partial charge is 0.346 e. The van der Waals surface area contributed by atoms with Gasteiger partial charge in [0.25, 0.3) is 0 Å². The van der Waals surface area contributed by atoms with E-state index in [1.54, 1.807) is 0 Å². The van der Waals surface area contributed by atoms with Crippen LogP contribution in [0.2, 0.25) is 0 Å². The number of hydrogen-bond donors (Lipinski definition) is 0. The molecule has 3 rings (SSSR count). The molecule has 1 aromatic rings. The number of amides is 1. The van der Waals surface area contributed by atoms with E-state index in [1.165, 1.54) is 43.3 Å². The standard InChI is InChI=1S/C15H25N5O/c1-13(2)18-7-3-15(4-8-18)5-9-19(10-6-15)14(21)20-12-16-11-17-20/h11-13H,3-10H2,1-2H3. The summed E-state index contributed by atoms with van der Waals surface area (Å²) in [6.07, 6.45) is 7.69. The number of hydrogen-bond acceptors (Lipinski definition) is 4. The van der Waals surface area contributed by atoms with Crippen LogP contribution in [0.25, 0.3) is 0 Å². The van der Waals surface area contributed by atoms with Crippen LogP contribution >= 0.6 is 0 Å². The van der Waals surface area contributed by atoms with Gasteiger partial charge in [0, 0.05) is 19.1 Å². The number of carbonyl (C=O) groups excluding carboxylic acids is 1. The average molecular weight is 291 g/mol. The molecule has 0 aliphatic carbocycles. The number of nitrogens with zero attached hydrogens (tertiary/aromatic N) is 5. The Morgan fingerprint density at radius 2 is 1.71 bits per heavy atom. The second-order valence-corrected chi connectivity index (χ2v) is 6.74. The van der Waals surface area contributed by atoms with Crippen molar-refractivity contribution in [2.75, 3.05) is 26.2 Å². The molecule has 0 atom stereocenters. The summed E-state index contributed by atoms with van der Waals surface area (Å²) in [5, 5.41) is 3.93. The van der Waals surface area contributed by atoms with E-state index < -0.39 is 0 Å². The van der Waals surface area contributed by atoms with E-state index in [0.717, 1.165) is 25.9 Å². The molecule has 0 radical (unpaired) electrons. The van der Waals surface area contributed by atoms with Crippen molar-refractivity contribution in [3.05, 3.63) is 12.7 Å². The Balaban J connectivity index is 1.55. The van der Waals surface area contributed by atoms with Crippen LogP contribution in [0.15, 0.2) is 12.7 Å². The van der Waals surface area contributed by atoms with Gasteiger partial charge >= 0.3 is 6.03 Å². The van der Waals surface area contributed by atoms with Gasteiger partial charge < -0.3 is 9.80 Å². The van der Waals surface area contributed by atoms with Crippen LogP contribution < -0.4 is 0 Å². The van der Waals surface area contributed by atoms with Crippen LogP contribution in [-0.2, 0) is 0 Å². The molecule has 1 spiro atoms. The number of likely N-dealkylation sites (tertiary alicyclic amines) is 2. The molecule has 116 valence electrons. The zero-order chi connectivity index (χ0) is 14.9. The first-order valence-corrected chi connectivity index (χ1v) is 7.98. The van der Waals surface area contributed by atoms with Crippen molar-refractivity contribution in [3.8, 4) is 0 Å². The monoisotopic (exact) mass is 291 g/mol. The maximum Gasteiger partial charge on any atom is 0.346 e. The van der Waals surface area contributed by atoms with E-state index >= 15 is 0 Å². The first-order chi connectivity index (χ1) is 10.1. The Kier molecular flexibility index (Phi) is 3.97. The number of aromatic nitrogens is 3. The van der Waals surface area contributed by atoms with Gasteiger partial charge in [-0.2, -0.15) is 9.78 Å². The second-order valence-electron chi connectivity index (χ2n) is 6.74. The number of rotatable bonds is 1. The van der Waals surface area contributed by atoms with E-state index in [-0.39, 0.29) is 6.03 Å². The van der Waals surface area contributed by atoms with Gasteiger partial charge in [0.2, 0.25) is 0 Å². The Bertz CT molecular complexity index is 466. The van der Waals surface area contributed by atoms with Crippen molar-refractivity contribution < 1.29 is 4.79 Å². The quantitative estimate of drug-likeness (QED) is 0.792. The van der Waals surface area contributed by atoms with Crippen LogP contribution in [0.1, 0.15) is 39.5 Å². The molecule has 6 nitrogen and oxygen atoms in total. The molecule has 1 amide bonds. The fraction of sp³-hybridized carbons (Fsp3) is 0.800. The van der Waals surface area contributed by atoms with Crippen molar-refractivity contribution in [2.45, 2.75) is 45.6 Å². The van der Waals surface area contributed by atoms with E-state index in [4.69, 9.17) is 0 Å². The Labute approximate surface area is 126 Å². The summed E-state index contributed by atoms with van der Waals surface area (Å²) in [5.74, 6) is 0. The molecule has 2 aliphatic rings. The van der Waals surface area contributed by atoms with Crippen molar-refractivity contribution in [2.24, 2.45) is 5.41 Å². The van der Waals surface area contributed by atoms with E-state index in [0.29, 0.717) is 11.5 Å². The lowest BCUT2D eigenvalue weighted by atomic mass is 9.71. The van der Waals surface area contributed by atoms with E-state index in [9.17, 15) is 4.79 Å². The molecular weight excluding hydrogens is 266 g/mol. The SMILES string of the molecule is CC(C)N1CCC2(CCN(C(=O)n3cncn3)CC2)CC1. The zero-order valence-electron chi connectivity index (χ0n) is 13.0. The molecule has 2 fully saturated rings. The predicted molar refractivity (Wildman–Crippen MR) is 80.0 cm³/mol. The zero-order valence-corrected chi connectivity index (χ0v) is 13.0. The molecule has 0 aromatic carbocycles. The molecule has 2 saturated heterocycles. The van der Waals surface area contributed by atoms with Crippen LogP contribution in [-0.4, -0.2) is 62.8 Å². The van der Waals surface area contributed by atoms with E-state index in [2.05, 4.69) is 28.8 Å². The highest BCUT2D eigenvalue weighted by molar-refractivity contribution is 5.75. The minimum Gasteiger partial charge on any atom is -0.323 e. The highest BCUT2D eigenvalue weighted by Gasteiger charge is 2.39. The number of piperidine rings is 2. The fourth-order valence-corrected chi connectivity index (χ4v) is 3.64. The molecule has 1 aromatic heterocycles. The molecule has 3 heterocycles. The topological polar surface area (TPSA) is 54.3 Å². The summed E-state index contributed by atoms with van der Waals surface area (Å²) in [6.45, 7) is 8.65. The van der Waals surface area contributed by atoms with Crippen LogP contribution in [0.5, 0.6) is 0 Å². The van der Waals surface area contributed by atoms with Crippen LogP contribution in [0, 0.1) is 5.41 Å². The first kappa shape index (κ1) is 14.5. The molecule has 0 unspecified atom stereocenters. The van der Waals surface area contributed by atoms with Gasteiger partial charge in [-0.3, -0.25) is 0 Å². The van der Waals surface area contributed by atoms with Crippen LogP contribution in [0.4, 0.5) is 4.79 Å². The third kappa shape index (κ3) is 2.95. The Morgan fingerprint density at radius 3 is 2.24 bits per heavy atom. The lowest BCUT2D eigenvalue weighted by Gasteiger charge is -2.47. The molecule has 2 aliphatic heterocycles. The van der Waals surface area contributed by atoms with Gasteiger partial charge in [0.05, 0.1) is 0 Å². The molecule has 21 heavy (non-hydrogen) atoms. The smallest absolute Gasteiger partial charge is 0.323 e. The van der Waals surface area contributed by atoms with Crippen LogP contribution in [0.3, 0.4) is 0 Å². The predicted octanol–water partition coefficient (Wildman–Crippen LogP) is 1.83. The summed E-state index contributed by atoms with van der Waals surface area (Å²) in [5.41, 5.74) is 0.463. The Hall–Kier alpha value is -1.43. The average Bonchev–Trinajstić information content (AvgIpc) is 3.02. The highest BCUT2D eigenvalue weighted by atomic mass is 16.2. The van der Waals surface area contributed by atoms with Crippen molar-refractivity contribution in [1.82, 2.24) is 24.6 Å². The van der Waals surface area contributed by atoms with Gasteiger partial charge in [-0.05, 0) is 58.0 Å². The molecule has 0 bridgehead atoms. The second kappa shape index (κ2) is 5.75. The minimum absolute atomic E-state index is 0.0398. The van der Waals surface area contributed by atoms with Gasteiger partial charge in [0.1, 0.15) is 12.7 Å². The summed E-state index contributed by atoms with van der Waals surface area (Å²) in [7, 11) is 0. The molecule has 6 heteroatoms. The number of carbonyl (C=O) groups is 1. The van der Waals surface area contributed by atoms with Gasteiger partial charge in [-0.15, -0.1) is 0 Å².